The highest BCUT2D eigenvalue weighted by Gasteiger charge is 2.44. The summed E-state index contributed by atoms with van der Waals surface area (Å²) in [6.45, 7) is 0.424. The maximum Gasteiger partial charge on any atom is 0.214 e. The van der Waals surface area contributed by atoms with Crippen LogP contribution in [-0.2, 0) is 15.6 Å². The van der Waals surface area contributed by atoms with Crippen molar-refractivity contribution in [3.63, 3.8) is 0 Å². The number of nitrogens with zero attached hydrogens (tertiary/aromatic N) is 3. The SMILES string of the molecule is O=S(=O)(CC1CCCCC1)N1CCC(O)(c2cn[nH]n2)C1. The van der Waals surface area contributed by atoms with E-state index in [0.29, 0.717) is 18.7 Å². The van der Waals surface area contributed by atoms with Gasteiger partial charge < -0.3 is 5.11 Å². The van der Waals surface area contributed by atoms with Crippen LogP contribution in [0.2, 0.25) is 0 Å². The fourth-order valence-electron chi connectivity index (χ4n) is 3.39. The number of aliphatic hydroxyl groups is 1. The molecule has 0 aromatic carbocycles. The fraction of sp³-hybridized carbons (Fsp3) is 0.846. The standard InChI is InChI=1S/C13H22N4O3S/c18-13(12-8-14-16-15-12)6-7-17(10-13)21(19,20)9-11-4-2-1-3-5-11/h8,11,18H,1-7,9-10H2,(H,14,15,16). The third kappa shape index (κ3) is 3.12. The highest BCUT2D eigenvalue weighted by molar-refractivity contribution is 7.89. The van der Waals surface area contributed by atoms with E-state index < -0.39 is 15.6 Å². The van der Waals surface area contributed by atoms with Gasteiger partial charge in [0.15, 0.2) is 0 Å². The average Bonchev–Trinajstić information content (AvgIpc) is 3.09. The summed E-state index contributed by atoms with van der Waals surface area (Å²) < 4.78 is 26.5. The summed E-state index contributed by atoms with van der Waals surface area (Å²) in [6.07, 6.45) is 7.29. The molecular weight excluding hydrogens is 292 g/mol. The molecule has 1 unspecified atom stereocenters. The van der Waals surface area contributed by atoms with Crippen molar-refractivity contribution in [2.45, 2.75) is 44.1 Å². The predicted molar refractivity (Wildman–Crippen MR) is 76.8 cm³/mol. The van der Waals surface area contributed by atoms with E-state index in [1.54, 1.807) is 0 Å². The van der Waals surface area contributed by atoms with E-state index >= 15 is 0 Å². The summed E-state index contributed by atoms with van der Waals surface area (Å²) in [4.78, 5) is 0. The van der Waals surface area contributed by atoms with Gasteiger partial charge in [-0.05, 0) is 25.2 Å². The van der Waals surface area contributed by atoms with Crippen molar-refractivity contribution in [1.29, 1.82) is 0 Å². The maximum atomic E-state index is 12.5. The van der Waals surface area contributed by atoms with Gasteiger partial charge in [0.2, 0.25) is 10.0 Å². The van der Waals surface area contributed by atoms with Crippen LogP contribution in [0.25, 0.3) is 0 Å². The van der Waals surface area contributed by atoms with E-state index in [2.05, 4.69) is 15.4 Å². The lowest BCUT2D eigenvalue weighted by atomic mass is 9.91. The third-order valence-corrected chi connectivity index (χ3v) is 6.66. The smallest absolute Gasteiger partial charge is 0.214 e. The second kappa shape index (κ2) is 5.66. The summed E-state index contributed by atoms with van der Waals surface area (Å²) >= 11 is 0. The lowest BCUT2D eigenvalue weighted by molar-refractivity contribution is 0.0484. The van der Waals surface area contributed by atoms with Crippen molar-refractivity contribution in [3.8, 4) is 0 Å². The molecule has 2 N–H and O–H groups in total. The zero-order valence-electron chi connectivity index (χ0n) is 12.0. The van der Waals surface area contributed by atoms with Gasteiger partial charge in [-0.15, -0.1) is 0 Å². The van der Waals surface area contributed by atoms with Gasteiger partial charge in [0.25, 0.3) is 0 Å². The van der Waals surface area contributed by atoms with Crippen LogP contribution >= 0.6 is 0 Å². The Balaban J connectivity index is 1.67. The average molecular weight is 314 g/mol. The third-order valence-electron chi connectivity index (χ3n) is 4.67. The lowest BCUT2D eigenvalue weighted by Crippen LogP contribution is -2.37. The van der Waals surface area contributed by atoms with Crippen molar-refractivity contribution in [1.82, 2.24) is 19.7 Å². The monoisotopic (exact) mass is 314 g/mol. The second-order valence-corrected chi connectivity index (χ2v) is 8.27. The Morgan fingerprint density at radius 3 is 2.81 bits per heavy atom. The van der Waals surface area contributed by atoms with Gasteiger partial charge in [-0.25, -0.2) is 8.42 Å². The van der Waals surface area contributed by atoms with E-state index in [1.807, 2.05) is 0 Å². The normalized spacial score (nSPS) is 29.0. The molecule has 1 aliphatic carbocycles. The van der Waals surface area contributed by atoms with E-state index in [1.165, 1.54) is 16.9 Å². The minimum absolute atomic E-state index is 0.0780. The summed E-state index contributed by atoms with van der Waals surface area (Å²) in [5.74, 6) is 0.478. The highest BCUT2D eigenvalue weighted by Crippen LogP contribution is 2.33. The first-order valence-electron chi connectivity index (χ1n) is 7.56. The van der Waals surface area contributed by atoms with Crippen LogP contribution < -0.4 is 0 Å². The van der Waals surface area contributed by atoms with Gasteiger partial charge in [0.05, 0.1) is 11.9 Å². The zero-order chi connectivity index (χ0) is 14.9. The van der Waals surface area contributed by atoms with Crippen molar-refractivity contribution in [2.75, 3.05) is 18.8 Å². The minimum Gasteiger partial charge on any atom is -0.382 e. The number of hydrogen-bond acceptors (Lipinski definition) is 5. The first-order valence-corrected chi connectivity index (χ1v) is 9.17. The molecule has 1 atom stereocenters. The Bertz CT molecular complexity index is 568. The number of H-pyrrole nitrogens is 1. The largest absolute Gasteiger partial charge is 0.382 e. The van der Waals surface area contributed by atoms with Crippen LogP contribution in [0.1, 0.15) is 44.2 Å². The van der Waals surface area contributed by atoms with E-state index in [0.717, 1.165) is 25.7 Å². The van der Waals surface area contributed by atoms with Crippen molar-refractivity contribution < 1.29 is 13.5 Å². The van der Waals surface area contributed by atoms with Crippen LogP contribution in [0, 0.1) is 5.92 Å². The zero-order valence-corrected chi connectivity index (χ0v) is 12.8. The molecule has 1 aliphatic heterocycles. The number of β-amino-alcohol motifs (C(OH)–C–C–N with tert-alkyl or cyclic N) is 1. The predicted octanol–water partition coefficient (Wildman–Crippen LogP) is 0.608. The van der Waals surface area contributed by atoms with Gasteiger partial charge >= 0.3 is 0 Å². The van der Waals surface area contributed by atoms with E-state index in [-0.39, 0.29) is 18.2 Å². The van der Waals surface area contributed by atoms with Gasteiger partial charge in [-0.3, -0.25) is 0 Å². The van der Waals surface area contributed by atoms with E-state index in [9.17, 15) is 13.5 Å². The first kappa shape index (κ1) is 14.9. The Morgan fingerprint density at radius 1 is 1.38 bits per heavy atom. The number of nitrogens with one attached hydrogen (secondary N) is 1. The molecule has 7 nitrogen and oxygen atoms in total. The number of aromatic nitrogens is 3. The Hall–Kier alpha value is -0.990. The number of aromatic amines is 1. The minimum atomic E-state index is -3.31. The van der Waals surface area contributed by atoms with Crippen LogP contribution in [-0.4, -0.2) is 52.1 Å². The van der Waals surface area contributed by atoms with Crippen LogP contribution in [0.3, 0.4) is 0 Å². The quantitative estimate of drug-likeness (QED) is 0.848. The Kier molecular flexibility index (Phi) is 4.02. The van der Waals surface area contributed by atoms with Crippen LogP contribution in [0.15, 0.2) is 6.20 Å². The molecule has 1 saturated heterocycles. The van der Waals surface area contributed by atoms with Crippen molar-refractivity contribution >= 4 is 10.0 Å². The fourth-order valence-corrected chi connectivity index (χ4v) is 5.31. The molecule has 1 aromatic heterocycles. The summed E-state index contributed by atoms with van der Waals surface area (Å²) in [6, 6.07) is 0. The Morgan fingerprint density at radius 2 is 2.14 bits per heavy atom. The molecule has 0 spiro atoms. The van der Waals surface area contributed by atoms with Crippen molar-refractivity contribution in [3.05, 3.63) is 11.9 Å². The molecule has 118 valence electrons. The molecule has 8 heteroatoms. The first-order chi connectivity index (χ1) is 10.00. The molecule has 0 radical (unpaired) electrons. The molecule has 1 saturated carbocycles. The number of hydrogen-bond donors (Lipinski definition) is 2. The summed E-state index contributed by atoms with van der Waals surface area (Å²) in [5.41, 5.74) is -0.801. The topological polar surface area (TPSA) is 99.2 Å². The number of rotatable bonds is 4. The molecule has 1 aromatic rings. The molecule has 21 heavy (non-hydrogen) atoms. The van der Waals surface area contributed by atoms with Crippen LogP contribution in [0.4, 0.5) is 0 Å². The van der Waals surface area contributed by atoms with Crippen LogP contribution in [0.5, 0.6) is 0 Å². The molecule has 0 amide bonds. The molecular formula is C13H22N4O3S. The molecule has 3 rings (SSSR count). The molecule has 2 fully saturated rings. The van der Waals surface area contributed by atoms with Crippen molar-refractivity contribution in [2.24, 2.45) is 5.92 Å². The Labute approximate surface area is 124 Å². The second-order valence-electron chi connectivity index (χ2n) is 6.25. The van der Waals surface area contributed by atoms with Gasteiger partial charge in [0.1, 0.15) is 11.3 Å². The van der Waals surface area contributed by atoms with E-state index in [4.69, 9.17) is 0 Å². The van der Waals surface area contributed by atoms with Gasteiger partial charge in [-0.2, -0.15) is 19.7 Å². The summed E-state index contributed by atoms with van der Waals surface area (Å²) in [5, 5.41) is 20.6. The van der Waals surface area contributed by atoms with Gasteiger partial charge in [-0.1, -0.05) is 19.3 Å². The maximum absolute atomic E-state index is 12.5. The lowest BCUT2D eigenvalue weighted by Gasteiger charge is -2.25. The molecule has 2 aliphatic rings. The highest BCUT2D eigenvalue weighted by atomic mass is 32.2. The molecule has 0 bridgehead atoms. The number of sulfonamides is 1. The van der Waals surface area contributed by atoms with Gasteiger partial charge in [0, 0.05) is 13.1 Å². The molecule has 2 heterocycles. The summed E-state index contributed by atoms with van der Waals surface area (Å²) in [7, 11) is -3.31.